The minimum absolute atomic E-state index is 0.0205. The molecule has 0 saturated heterocycles. The third-order valence-electron chi connectivity index (χ3n) is 8.94. The summed E-state index contributed by atoms with van der Waals surface area (Å²) in [5.41, 5.74) is 4.86. The molecule has 244 valence electrons. The molecule has 0 saturated carbocycles. The van der Waals surface area contributed by atoms with Crippen molar-refractivity contribution in [2.45, 2.75) is 25.3 Å². The molecule has 0 aromatic heterocycles. The van der Waals surface area contributed by atoms with E-state index in [9.17, 15) is 14.7 Å². The number of fused-ring (bicyclic) bond motifs is 2. The Kier molecular flexibility index (Phi) is 8.95. The number of aldehydes is 1. The molecule has 4 aromatic rings. The van der Waals surface area contributed by atoms with E-state index in [-0.39, 0.29) is 23.4 Å². The molecule has 2 heterocycles. The number of likely N-dealkylation sites (N-methyl/N-ethyl adjacent to an activating group) is 2. The number of amides is 1. The van der Waals surface area contributed by atoms with Crippen LogP contribution in [0.3, 0.4) is 0 Å². The topological polar surface area (TPSA) is 107 Å². The van der Waals surface area contributed by atoms with Gasteiger partial charge in [0, 0.05) is 42.9 Å². The van der Waals surface area contributed by atoms with Crippen molar-refractivity contribution >= 4 is 12.2 Å². The Morgan fingerprint density at radius 1 is 0.787 bits per heavy atom. The zero-order valence-electron chi connectivity index (χ0n) is 27.2. The minimum Gasteiger partial charge on any atom is -0.504 e. The van der Waals surface area contributed by atoms with E-state index in [0.717, 1.165) is 35.1 Å². The summed E-state index contributed by atoms with van der Waals surface area (Å²) in [4.78, 5) is 28.3. The number of nitrogens with zero attached hydrogens (tertiary/aromatic N) is 2. The first-order chi connectivity index (χ1) is 22.7. The van der Waals surface area contributed by atoms with Crippen molar-refractivity contribution in [3.63, 3.8) is 0 Å². The summed E-state index contributed by atoms with van der Waals surface area (Å²) < 4.78 is 29.5. The van der Waals surface area contributed by atoms with Crippen LogP contribution in [-0.4, -0.2) is 75.6 Å². The van der Waals surface area contributed by atoms with E-state index >= 15 is 0 Å². The Hall–Kier alpha value is -5.22. The molecule has 0 spiro atoms. The first-order valence-electron chi connectivity index (χ1n) is 15.4. The van der Waals surface area contributed by atoms with Gasteiger partial charge >= 0.3 is 0 Å². The molecule has 1 amide bonds. The van der Waals surface area contributed by atoms with Gasteiger partial charge in [-0.25, -0.2) is 0 Å². The third kappa shape index (κ3) is 6.16. The highest BCUT2D eigenvalue weighted by molar-refractivity contribution is 5.97. The van der Waals surface area contributed by atoms with Gasteiger partial charge in [-0.2, -0.15) is 0 Å². The van der Waals surface area contributed by atoms with E-state index in [1.165, 1.54) is 7.11 Å². The molecule has 0 radical (unpaired) electrons. The number of carbonyl (C=O) groups excluding carboxylic acids is 2. The minimum atomic E-state index is -0.129. The largest absolute Gasteiger partial charge is 0.504 e. The van der Waals surface area contributed by atoms with E-state index in [4.69, 9.17) is 23.7 Å². The van der Waals surface area contributed by atoms with Gasteiger partial charge in [0.15, 0.2) is 34.5 Å². The SMILES string of the molecule is COc1ccc(C=O)cc1Oc1ccc(C[C@@H]2c3c(cc(O)c(OC)c3Oc3cc4c(cc3OC)CCN(C)C4=O)CCN2C)cc1. The van der Waals surface area contributed by atoms with Crippen molar-refractivity contribution < 1.29 is 38.4 Å². The molecule has 2 aliphatic rings. The fraction of sp³-hybridized carbons (Fsp3) is 0.297. The molecule has 10 heteroatoms. The number of hydrogen-bond acceptors (Lipinski definition) is 9. The van der Waals surface area contributed by atoms with Crippen LogP contribution in [0, 0.1) is 0 Å². The van der Waals surface area contributed by atoms with E-state index in [1.807, 2.05) is 30.3 Å². The molecule has 0 fully saturated rings. The van der Waals surface area contributed by atoms with Crippen LogP contribution in [-0.2, 0) is 19.3 Å². The number of ether oxygens (including phenoxy) is 5. The Bertz CT molecular complexity index is 1820. The molecule has 6 rings (SSSR count). The Morgan fingerprint density at radius 2 is 1.51 bits per heavy atom. The molecule has 47 heavy (non-hydrogen) atoms. The fourth-order valence-corrected chi connectivity index (χ4v) is 6.34. The van der Waals surface area contributed by atoms with Crippen LogP contribution >= 0.6 is 0 Å². The summed E-state index contributed by atoms with van der Waals surface area (Å²) in [6, 6.07) is 18.0. The number of rotatable bonds is 10. The molecule has 2 aliphatic heterocycles. The predicted octanol–water partition coefficient (Wildman–Crippen LogP) is 6.21. The third-order valence-corrected chi connectivity index (χ3v) is 8.94. The molecule has 1 atom stereocenters. The van der Waals surface area contributed by atoms with Gasteiger partial charge in [-0.15, -0.1) is 0 Å². The van der Waals surface area contributed by atoms with Gasteiger partial charge in [0.05, 0.1) is 21.3 Å². The normalized spacial score (nSPS) is 15.8. The first kappa shape index (κ1) is 31.7. The van der Waals surface area contributed by atoms with Crippen molar-refractivity contribution in [1.29, 1.82) is 0 Å². The van der Waals surface area contributed by atoms with E-state index < -0.39 is 0 Å². The molecule has 10 nitrogen and oxygen atoms in total. The lowest BCUT2D eigenvalue weighted by atomic mass is 9.87. The number of phenolic OH excluding ortho intramolecular Hbond substituents is 1. The van der Waals surface area contributed by atoms with Crippen molar-refractivity contribution in [2.24, 2.45) is 0 Å². The summed E-state index contributed by atoms with van der Waals surface area (Å²) in [6.07, 6.45) is 2.81. The summed E-state index contributed by atoms with van der Waals surface area (Å²) in [5.74, 6) is 2.93. The summed E-state index contributed by atoms with van der Waals surface area (Å²) in [7, 11) is 8.47. The van der Waals surface area contributed by atoms with E-state index in [2.05, 4.69) is 11.9 Å². The molecule has 0 aliphatic carbocycles. The number of aromatic hydroxyl groups is 1. The molecule has 4 aromatic carbocycles. The second kappa shape index (κ2) is 13.3. The zero-order valence-corrected chi connectivity index (χ0v) is 27.2. The van der Waals surface area contributed by atoms with Gasteiger partial charge in [-0.05, 0) is 91.5 Å². The number of benzene rings is 4. The maximum absolute atomic E-state index is 13.0. The monoisotopic (exact) mass is 638 g/mol. The van der Waals surface area contributed by atoms with Crippen LogP contribution < -0.4 is 23.7 Å². The lowest BCUT2D eigenvalue weighted by Gasteiger charge is -2.36. The van der Waals surface area contributed by atoms with Crippen LogP contribution in [0.5, 0.6) is 46.0 Å². The highest BCUT2D eigenvalue weighted by Crippen LogP contribution is 2.51. The van der Waals surface area contributed by atoms with Crippen molar-refractivity contribution in [1.82, 2.24) is 9.80 Å². The van der Waals surface area contributed by atoms with Gasteiger partial charge in [0.25, 0.3) is 5.91 Å². The first-order valence-corrected chi connectivity index (χ1v) is 15.4. The van der Waals surface area contributed by atoms with Crippen LogP contribution in [0.25, 0.3) is 0 Å². The van der Waals surface area contributed by atoms with Crippen LogP contribution in [0.2, 0.25) is 0 Å². The van der Waals surface area contributed by atoms with Gasteiger partial charge in [0.2, 0.25) is 5.75 Å². The second-order valence-corrected chi connectivity index (χ2v) is 11.8. The smallest absolute Gasteiger partial charge is 0.254 e. The van der Waals surface area contributed by atoms with Gasteiger partial charge in [-0.3, -0.25) is 14.5 Å². The Labute approximate surface area is 274 Å². The maximum atomic E-state index is 13.0. The van der Waals surface area contributed by atoms with Gasteiger partial charge in [0.1, 0.15) is 12.0 Å². The molecular weight excluding hydrogens is 600 g/mol. The zero-order chi connectivity index (χ0) is 33.2. The average Bonchev–Trinajstić information content (AvgIpc) is 3.08. The highest BCUT2D eigenvalue weighted by Gasteiger charge is 2.34. The summed E-state index contributed by atoms with van der Waals surface area (Å²) in [6.45, 7) is 1.41. The number of hydrogen-bond donors (Lipinski definition) is 1. The Balaban J connectivity index is 1.35. The lowest BCUT2D eigenvalue weighted by molar-refractivity contribution is 0.0780. The number of methoxy groups -OCH3 is 3. The summed E-state index contributed by atoms with van der Waals surface area (Å²) in [5, 5.41) is 11.0. The van der Waals surface area contributed by atoms with Crippen molar-refractivity contribution in [3.8, 4) is 46.0 Å². The van der Waals surface area contributed by atoms with E-state index in [0.29, 0.717) is 71.4 Å². The van der Waals surface area contributed by atoms with Crippen LogP contribution in [0.1, 0.15) is 49.0 Å². The molecule has 0 bridgehead atoms. The maximum Gasteiger partial charge on any atom is 0.254 e. The standard InChI is InChI=1S/C37H38N2O8/c1-38-14-13-25-18-29(41)35(45-5)36(47-33-20-27-24(19-31(33)44-4)12-15-39(2)37(27)42)34(25)28(38)16-22-6-9-26(10-7-22)46-32-17-23(21-40)8-11-30(32)43-3/h6-11,17-21,28,41H,12-16H2,1-5H3/t28-/m1/s1. The Morgan fingerprint density at radius 3 is 2.21 bits per heavy atom. The van der Waals surface area contributed by atoms with E-state index in [1.54, 1.807) is 56.5 Å². The summed E-state index contributed by atoms with van der Waals surface area (Å²) >= 11 is 0. The van der Waals surface area contributed by atoms with Gasteiger partial charge < -0.3 is 33.7 Å². The second-order valence-electron chi connectivity index (χ2n) is 11.8. The van der Waals surface area contributed by atoms with Crippen LogP contribution in [0.4, 0.5) is 0 Å². The quantitative estimate of drug-likeness (QED) is 0.203. The van der Waals surface area contributed by atoms with Crippen LogP contribution in [0.15, 0.2) is 60.7 Å². The van der Waals surface area contributed by atoms with Gasteiger partial charge in [-0.1, -0.05) is 12.1 Å². The number of carbonyl (C=O) groups is 2. The predicted molar refractivity (Wildman–Crippen MR) is 176 cm³/mol. The highest BCUT2D eigenvalue weighted by atomic mass is 16.5. The lowest BCUT2D eigenvalue weighted by Crippen LogP contribution is -2.34. The molecular formula is C37H38N2O8. The van der Waals surface area contributed by atoms with Crippen molar-refractivity contribution in [2.75, 3.05) is 48.5 Å². The molecule has 1 N–H and O–H groups in total. The van der Waals surface area contributed by atoms with Crippen molar-refractivity contribution in [3.05, 3.63) is 94.0 Å². The molecule has 0 unspecified atom stereocenters. The fourth-order valence-electron chi connectivity index (χ4n) is 6.34. The average molecular weight is 639 g/mol. The number of phenols is 1.